The lowest BCUT2D eigenvalue weighted by Gasteiger charge is -2.17. The van der Waals surface area contributed by atoms with E-state index >= 15 is 0 Å². The van der Waals surface area contributed by atoms with Gasteiger partial charge in [-0.1, -0.05) is 30.3 Å². The first-order chi connectivity index (χ1) is 12.5. The number of nitrogens with one attached hydrogen (secondary N) is 1. The van der Waals surface area contributed by atoms with E-state index in [1.54, 1.807) is 29.2 Å². The maximum absolute atomic E-state index is 12.4. The Morgan fingerprint density at radius 2 is 1.77 bits per heavy atom. The van der Waals surface area contributed by atoms with Crippen molar-refractivity contribution < 1.29 is 19.5 Å². The Balaban J connectivity index is 1.67. The number of hydrogen-bond acceptors (Lipinski definition) is 3. The number of carboxylic acid groups (broad SMARTS) is 1. The number of carbonyl (C=O) groups excluding carboxylic acids is 2. The van der Waals surface area contributed by atoms with E-state index in [2.05, 4.69) is 5.32 Å². The van der Waals surface area contributed by atoms with Gasteiger partial charge in [-0.2, -0.15) is 0 Å². The van der Waals surface area contributed by atoms with Crippen molar-refractivity contribution in [2.45, 2.75) is 25.3 Å². The van der Waals surface area contributed by atoms with Gasteiger partial charge < -0.3 is 15.3 Å². The molecule has 2 N–H and O–H groups in total. The fraction of sp³-hybridized carbons (Fsp3) is 0.250. The Hall–Kier alpha value is -3.15. The number of amides is 2. The van der Waals surface area contributed by atoms with E-state index in [9.17, 15) is 19.5 Å². The van der Waals surface area contributed by atoms with Crippen molar-refractivity contribution in [2.75, 3.05) is 11.4 Å². The van der Waals surface area contributed by atoms with Crippen LogP contribution in [0.3, 0.4) is 0 Å². The molecule has 6 heteroatoms. The second-order valence-corrected chi connectivity index (χ2v) is 6.25. The molecular formula is C20H20N2O4. The Kier molecular flexibility index (Phi) is 5.31. The minimum Gasteiger partial charge on any atom is -0.480 e. The lowest BCUT2D eigenvalue weighted by molar-refractivity contribution is -0.139. The Morgan fingerprint density at radius 1 is 1.08 bits per heavy atom. The molecule has 1 unspecified atom stereocenters. The van der Waals surface area contributed by atoms with Crippen LogP contribution in [0.2, 0.25) is 0 Å². The molecule has 1 aliphatic rings. The highest BCUT2D eigenvalue weighted by atomic mass is 16.4. The highest BCUT2D eigenvalue weighted by Gasteiger charge is 2.23. The van der Waals surface area contributed by atoms with Gasteiger partial charge in [0, 0.05) is 30.6 Å². The van der Waals surface area contributed by atoms with Gasteiger partial charge >= 0.3 is 5.97 Å². The number of anilines is 1. The fourth-order valence-electron chi connectivity index (χ4n) is 3.01. The first-order valence-corrected chi connectivity index (χ1v) is 8.52. The third-order valence-electron chi connectivity index (χ3n) is 4.40. The highest BCUT2D eigenvalue weighted by molar-refractivity contribution is 5.98. The molecule has 1 atom stereocenters. The molecule has 1 fully saturated rings. The molecule has 0 saturated carbocycles. The second-order valence-electron chi connectivity index (χ2n) is 6.25. The number of rotatable bonds is 6. The third-order valence-corrected chi connectivity index (χ3v) is 4.40. The lowest BCUT2D eigenvalue weighted by Crippen LogP contribution is -2.42. The van der Waals surface area contributed by atoms with Crippen LogP contribution in [0.1, 0.15) is 28.8 Å². The molecule has 6 nitrogen and oxygen atoms in total. The standard InChI is InChI=1S/C20H20N2O4/c23-18-7-4-12-22(18)16-10-8-15(9-11-16)19(24)21-17(20(25)26)13-14-5-2-1-3-6-14/h1-3,5-6,8-11,17H,4,7,12-13H2,(H,21,24)(H,25,26). The first-order valence-electron chi connectivity index (χ1n) is 8.52. The number of carboxylic acids is 1. The highest BCUT2D eigenvalue weighted by Crippen LogP contribution is 2.21. The van der Waals surface area contributed by atoms with Gasteiger partial charge in [-0.25, -0.2) is 4.79 Å². The molecule has 2 aromatic carbocycles. The van der Waals surface area contributed by atoms with Crippen LogP contribution in [0.5, 0.6) is 0 Å². The number of benzene rings is 2. The predicted octanol–water partition coefficient (Wildman–Crippen LogP) is 2.24. The zero-order valence-corrected chi connectivity index (χ0v) is 14.2. The summed E-state index contributed by atoms with van der Waals surface area (Å²) >= 11 is 0. The summed E-state index contributed by atoms with van der Waals surface area (Å²) in [4.78, 5) is 37.3. The van der Waals surface area contributed by atoms with Gasteiger partial charge in [0.15, 0.2) is 0 Å². The summed E-state index contributed by atoms with van der Waals surface area (Å²) in [6.45, 7) is 0.683. The Bertz CT molecular complexity index is 802. The smallest absolute Gasteiger partial charge is 0.326 e. The van der Waals surface area contributed by atoms with Gasteiger partial charge in [0.2, 0.25) is 5.91 Å². The number of aliphatic carboxylic acids is 1. The van der Waals surface area contributed by atoms with E-state index in [4.69, 9.17) is 0 Å². The van der Waals surface area contributed by atoms with E-state index in [-0.39, 0.29) is 12.3 Å². The molecule has 0 bridgehead atoms. The van der Waals surface area contributed by atoms with E-state index in [0.29, 0.717) is 18.5 Å². The van der Waals surface area contributed by atoms with Crippen molar-refractivity contribution >= 4 is 23.5 Å². The minimum atomic E-state index is -1.08. The molecule has 3 rings (SSSR count). The Labute approximate surface area is 151 Å². The monoisotopic (exact) mass is 352 g/mol. The molecule has 2 amide bonds. The molecule has 0 aromatic heterocycles. The van der Waals surface area contributed by atoms with Crippen LogP contribution in [0.25, 0.3) is 0 Å². The van der Waals surface area contributed by atoms with Crippen LogP contribution in [-0.4, -0.2) is 35.5 Å². The van der Waals surface area contributed by atoms with Gasteiger partial charge in [0.05, 0.1) is 0 Å². The molecular weight excluding hydrogens is 332 g/mol. The summed E-state index contributed by atoms with van der Waals surface area (Å²) in [5.41, 5.74) is 1.95. The molecule has 1 heterocycles. The molecule has 1 saturated heterocycles. The van der Waals surface area contributed by atoms with Crippen molar-refractivity contribution in [3.05, 3.63) is 65.7 Å². The lowest BCUT2D eigenvalue weighted by atomic mass is 10.1. The number of carbonyl (C=O) groups is 3. The van der Waals surface area contributed by atoms with Crippen molar-refractivity contribution in [1.29, 1.82) is 0 Å². The van der Waals surface area contributed by atoms with Gasteiger partial charge in [0.25, 0.3) is 5.91 Å². The average Bonchev–Trinajstić information content (AvgIpc) is 3.08. The second kappa shape index (κ2) is 7.82. The summed E-state index contributed by atoms with van der Waals surface area (Å²) in [7, 11) is 0. The normalized spacial score (nSPS) is 14.9. The van der Waals surface area contributed by atoms with Crippen LogP contribution >= 0.6 is 0 Å². The van der Waals surface area contributed by atoms with E-state index in [1.807, 2.05) is 30.3 Å². The summed E-state index contributed by atoms with van der Waals surface area (Å²) in [6.07, 6.45) is 1.59. The van der Waals surface area contributed by atoms with Crippen molar-refractivity contribution in [2.24, 2.45) is 0 Å². The molecule has 2 aromatic rings. The minimum absolute atomic E-state index is 0.0796. The van der Waals surface area contributed by atoms with Crippen LogP contribution in [0.4, 0.5) is 5.69 Å². The van der Waals surface area contributed by atoms with Gasteiger partial charge in [-0.05, 0) is 36.2 Å². The molecule has 0 radical (unpaired) electrons. The molecule has 1 aliphatic heterocycles. The van der Waals surface area contributed by atoms with Gasteiger partial charge in [-0.15, -0.1) is 0 Å². The topological polar surface area (TPSA) is 86.7 Å². The SMILES string of the molecule is O=C(NC(Cc1ccccc1)C(=O)O)c1ccc(N2CCCC2=O)cc1. The van der Waals surface area contributed by atoms with E-state index in [0.717, 1.165) is 17.7 Å². The van der Waals surface area contributed by atoms with Crippen molar-refractivity contribution in [3.8, 4) is 0 Å². The van der Waals surface area contributed by atoms with E-state index in [1.165, 1.54) is 0 Å². The summed E-state index contributed by atoms with van der Waals surface area (Å²) < 4.78 is 0. The summed E-state index contributed by atoms with van der Waals surface area (Å²) in [5.74, 6) is -1.45. The van der Waals surface area contributed by atoms with Crippen LogP contribution in [0.15, 0.2) is 54.6 Å². The zero-order valence-electron chi connectivity index (χ0n) is 14.2. The predicted molar refractivity (Wildman–Crippen MR) is 97.1 cm³/mol. The van der Waals surface area contributed by atoms with Crippen LogP contribution in [-0.2, 0) is 16.0 Å². The first kappa shape index (κ1) is 17.7. The maximum atomic E-state index is 12.4. The Morgan fingerprint density at radius 3 is 2.35 bits per heavy atom. The van der Waals surface area contributed by atoms with Gasteiger partial charge in [-0.3, -0.25) is 9.59 Å². The average molecular weight is 352 g/mol. The largest absolute Gasteiger partial charge is 0.480 e. The van der Waals surface area contributed by atoms with Crippen molar-refractivity contribution in [3.63, 3.8) is 0 Å². The molecule has 134 valence electrons. The van der Waals surface area contributed by atoms with Crippen molar-refractivity contribution in [1.82, 2.24) is 5.32 Å². The number of hydrogen-bond donors (Lipinski definition) is 2. The fourth-order valence-corrected chi connectivity index (χ4v) is 3.01. The van der Waals surface area contributed by atoms with Crippen LogP contribution < -0.4 is 10.2 Å². The summed E-state index contributed by atoms with van der Waals surface area (Å²) in [5, 5.41) is 11.9. The molecule has 0 aliphatic carbocycles. The quantitative estimate of drug-likeness (QED) is 0.835. The van der Waals surface area contributed by atoms with E-state index < -0.39 is 17.9 Å². The third kappa shape index (κ3) is 4.08. The van der Waals surface area contributed by atoms with Crippen LogP contribution in [0, 0.1) is 0 Å². The number of nitrogens with zero attached hydrogens (tertiary/aromatic N) is 1. The molecule has 0 spiro atoms. The maximum Gasteiger partial charge on any atom is 0.326 e. The molecule has 26 heavy (non-hydrogen) atoms. The zero-order chi connectivity index (χ0) is 18.5. The van der Waals surface area contributed by atoms with Gasteiger partial charge in [0.1, 0.15) is 6.04 Å². The summed E-state index contributed by atoms with van der Waals surface area (Å²) in [6, 6.07) is 14.8.